The fraction of sp³-hybridized carbons (Fsp3) is 0.105. The molecule has 1 heterocycles. The van der Waals surface area contributed by atoms with Crippen LogP contribution in [0.3, 0.4) is 0 Å². The van der Waals surface area contributed by atoms with Gasteiger partial charge in [-0.3, -0.25) is 0 Å². The highest BCUT2D eigenvalue weighted by atomic mass is 16.6. The zero-order valence-electron chi connectivity index (χ0n) is 13.0. The first-order valence-electron chi connectivity index (χ1n) is 7.45. The molecule has 0 radical (unpaired) electrons. The molecule has 0 unspecified atom stereocenters. The number of nitrogens with zero attached hydrogens (tertiary/aromatic N) is 2. The fourth-order valence-electron chi connectivity index (χ4n) is 2.25. The third-order valence-corrected chi connectivity index (χ3v) is 3.35. The Morgan fingerprint density at radius 2 is 2.04 bits per heavy atom. The molecule has 0 saturated heterocycles. The van der Waals surface area contributed by atoms with Gasteiger partial charge in [0.15, 0.2) is 5.70 Å². The van der Waals surface area contributed by atoms with Crippen LogP contribution in [0.4, 0.5) is 0 Å². The molecule has 2 aromatic carbocycles. The average Bonchev–Trinajstić information content (AvgIpc) is 2.97. The van der Waals surface area contributed by atoms with Crippen molar-refractivity contribution in [1.29, 1.82) is 5.26 Å². The summed E-state index contributed by atoms with van der Waals surface area (Å²) in [7, 11) is 0. The standard InChI is InChI=1S/C19H14N2O3/c1-2-23-16-8-6-15(7-9-16)18-21-17(19(22)24-18)11-13-4-3-5-14(10-13)12-20/h3-11H,2H2,1H3/b17-11-. The van der Waals surface area contributed by atoms with Gasteiger partial charge in [-0.2, -0.15) is 5.26 Å². The zero-order chi connectivity index (χ0) is 16.9. The second-order valence-corrected chi connectivity index (χ2v) is 5.03. The van der Waals surface area contributed by atoms with Crippen molar-refractivity contribution >= 4 is 17.9 Å². The summed E-state index contributed by atoms with van der Waals surface area (Å²) in [5, 5.41) is 8.93. The molecule has 0 bridgehead atoms. The zero-order valence-corrected chi connectivity index (χ0v) is 13.0. The highest BCUT2D eigenvalue weighted by Gasteiger charge is 2.24. The van der Waals surface area contributed by atoms with E-state index in [9.17, 15) is 4.79 Å². The van der Waals surface area contributed by atoms with Crippen molar-refractivity contribution in [2.75, 3.05) is 6.61 Å². The van der Waals surface area contributed by atoms with Crippen molar-refractivity contribution in [1.82, 2.24) is 0 Å². The Bertz CT molecular complexity index is 874. The molecule has 5 nitrogen and oxygen atoms in total. The molecule has 0 aromatic heterocycles. The molecule has 5 heteroatoms. The fourth-order valence-corrected chi connectivity index (χ4v) is 2.25. The summed E-state index contributed by atoms with van der Waals surface area (Å²) < 4.78 is 10.6. The molecule has 0 saturated carbocycles. The molecular formula is C19H14N2O3. The summed E-state index contributed by atoms with van der Waals surface area (Å²) in [4.78, 5) is 16.2. The van der Waals surface area contributed by atoms with Gasteiger partial charge in [0.1, 0.15) is 5.75 Å². The second-order valence-electron chi connectivity index (χ2n) is 5.03. The lowest BCUT2D eigenvalue weighted by molar-refractivity contribution is -0.129. The van der Waals surface area contributed by atoms with E-state index in [1.807, 2.05) is 6.92 Å². The van der Waals surface area contributed by atoms with Crippen LogP contribution in [-0.4, -0.2) is 18.5 Å². The van der Waals surface area contributed by atoms with Gasteiger partial charge in [-0.1, -0.05) is 12.1 Å². The van der Waals surface area contributed by atoms with Crippen molar-refractivity contribution in [3.8, 4) is 11.8 Å². The SMILES string of the molecule is CCOc1ccc(C2=N/C(=C\c3cccc(C#N)c3)C(=O)O2)cc1. The van der Waals surface area contributed by atoms with Crippen molar-refractivity contribution in [3.63, 3.8) is 0 Å². The lowest BCUT2D eigenvalue weighted by atomic mass is 10.1. The van der Waals surface area contributed by atoms with Gasteiger partial charge in [0.05, 0.1) is 18.2 Å². The summed E-state index contributed by atoms with van der Waals surface area (Å²) >= 11 is 0. The first-order chi connectivity index (χ1) is 11.7. The van der Waals surface area contributed by atoms with E-state index in [-0.39, 0.29) is 11.6 Å². The second kappa shape index (κ2) is 6.80. The Balaban J connectivity index is 1.87. The van der Waals surface area contributed by atoms with Gasteiger partial charge in [0.25, 0.3) is 0 Å². The van der Waals surface area contributed by atoms with Crippen molar-refractivity contribution < 1.29 is 14.3 Å². The smallest absolute Gasteiger partial charge is 0.363 e. The van der Waals surface area contributed by atoms with Crippen LogP contribution >= 0.6 is 0 Å². The van der Waals surface area contributed by atoms with Crippen molar-refractivity contribution in [2.24, 2.45) is 4.99 Å². The Labute approximate surface area is 139 Å². The van der Waals surface area contributed by atoms with E-state index in [2.05, 4.69) is 11.1 Å². The maximum atomic E-state index is 12.0. The maximum Gasteiger partial charge on any atom is 0.363 e. The topological polar surface area (TPSA) is 71.7 Å². The van der Waals surface area contributed by atoms with Crippen LogP contribution in [0.15, 0.2) is 59.2 Å². The highest BCUT2D eigenvalue weighted by molar-refractivity contribution is 6.12. The molecule has 0 aliphatic carbocycles. The van der Waals surface area contributed by atoms with Gasteiger partial charge in [-0.05, 0) is 55.0 Å². The molecule has 0 N–H and O–H groups in total. The maximum absolute atomic E-state index is 12.0. The van der Waals surface area contributed by atoms with Gasteiger partial charge < -0.3 is 9.47 Å². The Morgan fingerprint density at radius 3 is 2.75 bits per heavy atom. The number of esters is 1. The average molecular weight is 318 g/mol. The molecule has 0 amide bonds. The van der Waals surface area contributed by atoms with E-state index in [0.717, 1.165) is 11.3 Å². The van der Waals surface area contributed by atoms with Gasteiger partial charge in [0, 0.05) is 5.56 Å². The molecule has 3 rings (SSSR count). The molecule has 0 fully saturated rings. The third-order valence-electron chi connectivity index (χ3n) is 3.35. The summed E-state index contributed by atoms with van der Waals surface area (Å²) in [6.07, 6.45) is 1.60. The van der Waals surface area contributed by atoms with E-state index in [4.69, 9.17) is 14.7 Å². The summed E-state index contributed by atoms with van der Waals surface area (Å²) in [5.74, 6) is 0.488. The Hall–Kier alpha value is -3.39. The summed E-state index contributed by atoms with van der Waals surface area (Å²) in [5.41, 5.74) is 2.14. The molecule has 0 atom stereocenters. The first-order valence-corrected chi connectivity index (χ1v) is 7.45. The number of nitriles is 1. The summed E-state index contributed by atoms with van der Waals surface area (Å²) in [6, 6.07) is 16.2. The minimum atomic E-state index is -0.513. The number of benzene rings is 2. The van der Waals surface area contributed by atoms with Gasteiger partial charge in [-0.25, -0.2) is 9.79 Å². The summed E-state index contributed by atoms with van der Waals surface area (Å²) in [6.45, 7) is 2.50. The van der Waals surface area contributed by atoms with Crippen LogP contribution in [0.1, 0.15) is 23.6 Å². The molecule has 1 aliphatic rings. The van der Waals surface area contributed by atoms with Crippen LogP contribution in [0.2, 0.25) is 0 Å². The number of ether oxygens (including phenoxy) is 2. The van der Waals surface area contributed by atoms with Gasteiger partial charge in [-0.15, -0.1) is 0 Å². The van der Waals surface area contributed by atoms with Crippen LogP contribution < -0.4 is 4.74 Å². The molecule has 118 valence electrons. The minimum absolute atomic E-state index is 0.203. The van der Waals surface area contributed by atoms with Gasteiger partial charge in [0.2, 0.25) is 5.90 Å². The number of carbonyl (C=O) groups is 1. The van der Waals surface area contributed by atoms with E-state index >= 15 is 0 Å². The number of cyclic esters (lactones) is 1. The van der Waals surface area contributed by atoms with E-state index < -0.39 is 5.97 Å². The quantitative estimate of drug-likeness (QED) is 0.640. The molecule has 24 heavy (non-hydrogen) atoms. The monoisotopic (exact) mass is 318 g/mol. The normalized spacial score (nSPS) is 14.9. The van der Waals surface area contributed by atoms with Crippen LogP contribution in [0.25, 0.3) is 6.08 Å². The lowest BCUT2D eigenvalue weighted by Gasteiger charge is -2.03. The van der Waals surface area contributed by atoms with E-state index in [0.29, 0.717) is 17.7 Å². The number of carbonyl (C=O) groups excluding carboxylic acids is 1. The van der Waals surface area contributed by atoms with Gasteiger partial charge >= 0.3 is 5.97 Å². The number of hydrogen-bond acceptors (Lipinski definition) is 5. The van der Waals surface area contributed by atoms with E-state index in [1.165, 1.54) is 0 Å². The first kappa shape index (κ1) is 15.5. The third kappa shape index (κ3) is 3.33. The number of rotatable bonds is 4. The van der Waals surface area contributed by atoms with Crippen LogP contribution in [-0.2, 0) is 9.53 Å². The molecule has 1 aliphatic heterocycles. The van der Waals surface area contributed by atoms with Crippen LogP contribution in [0, 0.1) is 11.3 Å². The van der Waals surface area contributed by atoms with Crippen molar-refractivity contribution in [3.05, 3.63) is 70.9 Å². The van der Waals surface area contributed by atoms with E-state index in [1.54, 1.807) is 54.6 Å². The number of hydrogen-bond donors (Lipinski definition) is 0. The van der Waals surface area contributed by atoms with Crippen molar-refractivity contribution in [2.45, 2.75) is 6.92 Å². The highest BCUT2D eigenvalue weighted by Crippen LogP contribution is 2.21. The van der Waals surface area contributed by atoms with Crippen LogP contribution in [0.5, 0.6) is 5.75 Å². The molecule has 2 aromatic rings. The Morgan fingerprint density at radius 1 is 1.25 bits per heavy atom. The predicted molar refractivity (Wildman–Crippen MR) is 89.4 cm³/mol. The largest absolute Gasteiger partial charge is 0.494 e. The lowest BCUT2D eigenvalue weighted by Crippen LogP contribution is -2.05. The number of aliphatic imine (C=N–C) groups is 1. The Kier molecular flexibility index (Phi) is 4.39. The molecular weight excluding hydrogens is 304 g/mol. The molecule has 0 spiro atoms. The minimum Gasteiger partial charge on any atom is -0.494 e. The predicted octanol–water partition coefficient (Wildman–Crippen LogP) is 3.30.